The summed E-state index contributed by atoms with van der Waals surface area (Å²) in [7, 11) is 1.89. The first-order valence-corrected chi connectivity index (χ1v) is 7.92. The highest BCUT2D eigenvalue weighted by Crippen LogP contribution is 2.30. The van der Waals surface area contributed by atoms with E-state index < -0.39 is 11.7 Å². The largest absolute Gasteiger partial charge is 0.416 e. The van der Waals surface area contributed by atoms with Crippen molar-refractivity contribution in [2.45, 2.75) is 13.1 Å². The number of aryl methyl sites for hydroxylation is 1. The summed E-state index contributed by atoms with van der Waals surface area (Å²) in [5.74, 6) is 1.74. The molecule has 0 bridgehead atoms. The molecule has 0 aliphatic heterocycles. The van der Waals surface area contributed by atoms with Gasteiger partial charge in [-0.3, -0.25) is 0 Å². The molecule has 1 aromatic heterocycles. The van der Waals surface area contributed by atoms with Gasteiger partial charge in [0.1, 0.15) is 17.5 Å². The van der Waals surface area contributed by atoms with Gasteiger partial charge in [0.25, 0.3) is 0 Å². The molecule has 3 rings (SSSR count). The van der Waals surface area contributed by atoms with Crippen LogP contribution in [0.15, 0.2) is 60.7 Å². The second kappa shape index (κ2) is 7.03. The van der Waals surface area contributed by atoms with Crippen molar-refractivity contribution in [3.05, 3.63) is 72.1 Å². The van der Waals surface area contributed by atoms with E-state index >= 15 is 0 Å². The molecule has 0 unspecified atom stereocenters. The van der Waals surface area contributed by atoms with Crippen LogP contribution in [-0.4, -0.2) is 17.0 Å². The van der Waals surface area contributed by atoms with Crippen LogP contribution in [0.4, 0.5) is 36.2 Å². The van der Waals surface area contributed by atoms with Crippen molar-refractivity contribution in [1.82, 2.24) is 9.97 Å². The maximum absolute atomic E-state index is 12.7. The highest BCUT2D eigenvalue weighted by molar-refractivity contribution is 5.64. The second-order valence-electron chi connectivity index (χ2n) is 5.75. The van der Waals surface area contributed by atoms with Crippen LogP contribution in [0, 0.1) is 6.92 Å². The van der Waals surface area contributed by atoms with Crippen LogP contribution >= 0.6 is 0 Å². The average Bonchev–Trinajstić information content (AvgIpc) is 2.61. The summed E-state index contributed by atoms with van der Waals surface area (Å²) >= 11 is 0. The molecule has 3 aromatic rings. The molecule has 26 heavy (non-hydrogen) atoms. The lowest BCUT2D eigenvalue weighted by molar-refractivity contribution is -0.137. The number of alkyl halides is 3. The molecule has 0 aliphatic rings. The summed E-state index contributed by atoms with van der Waals surface area (Å²) in [6.45, 7) is 1.76. The van der Waals surface area contributed by atoms with E-state index in [9.17, 15) is 13.2 Å². The normalized spacial score (nSPS) is 11.3. The summed E-state index contributed by atoms with van der Waals surface area (Å²) in [6.07, 6.45) is -4.35. The molecule has 7 heteroatoms. The van der Waals surface area contributed by atoms with E-state index in [-0.39, 0.29) is 0 Å². The summed E-state index contributed by atoms with van der Waals surface area (Å²) in [5, 5.41) is 3.03. The van der Waals surface area contributed by atoms with Gasteiger partial charge in [-0.05, 0) is 43.3 Å². The third kappa shape index (κ3) is 4.11. The monoisotopic (exact) mass is 358 g/mol. The Morgan fingerprint density at radius 1 is 0.923 bits per heavy atom. The Morgan fingerprint density at radius 3 is 2.19 bits per heavy atom. The van der Waals surface area contributed by atoms with Crippen molar-refractivity contribution in [3.8, 4) is 0 Å². The summed E-state index contributed by atoms with van der Waals surface area (Å²) < 4.78 is 38.0. The van der Waals surface area contributed by atoms with E-state index in [2.05, 4.69) is 15.3 Å². The summed E-state index contributed by atoms with van der Waals surface area (Å²) in [5.41, 5.74) is 0.793. The number of anilines is 4. The Bertz CT molecular complexity index is 878. The maximum Gasteiger partial charge on any atom is 0.416 e. The van der Waals surface area contributed by atoms with Gasteiger partial charge >= 0.3 is 6.18 Å². The van der Waals surface area contributed by atoms with E-state index in [0.717, 1.165) is 17.8 Å². The van der Waals surface area contributed by atoms with E-state index in [0.29, 0.717) is 23.1 Å². The Hall–Kier alpha value is -3.09. The SMILES string of the molecule is Cc1nc(Nc2ccc(C(F)(F)F)cc2)cc(N(C)c2ccccc2)n1. The summed E-state index contributed by atoms with van der Waals surface area (Å²) in [6, 6.07) is 16.3. The Morgan fingerprint density at radius 2 is 1.58 bits per heavy atom. The Balaban J connectivity index is 1.84. The van der Waals surface area contributed by atoms with Crippen LogP contribution in [-0.2, 0) is 6.18 Å². The van der Waals surface area contributed by atoms with Crippen molar-refractivity contribution in [3.63, 3.8) is 0 Å². The second-order valence-corrected chi connectivity index (χ2v) is 5.75. The van der Waals surface area contributed by atoms with Gasteiger partial charge in [0, 0.05) is 24.5 Å². The molecule has 1 heterocycles. The number of rotatable bonds is 4. The van der Waals surface area contributed by atoms with Crippen molar-refractivity contribution in [2.75, 3.05) is 17.3 Å². The molecule has 0 fully saturated rings. The number of hydrogen-bond acceptors (Lipinski definition) is 4. The van der Waals surface area contributed by atoms with Gasteiger partial charge in [0.05, 0.1) is 5.56 Å². The first-order chi connectivity index (χ1) is 12.3. The Kier molecular flexibility index (Phi) is 4.79. The van der Waals surface area contributed by atoms with Gasteiger partial charge in [-0.2, -0.15) is 13.2 Å². The molecule has 0 spiro atoms. The smallest absolute Gasteiger partial charge is 0.340 e. The molecule has 0 saturated carbocycles. The molecule has 4 nitrogen and oxygen atoms in total. The minimum absolute atomic E-state index is 0.509. The molecule has 1 N–H and O–H groups in total. The lowest BCUT2D eigenvalue weighted by atomic mass is 10.2. The molecule has 2 aromatic carbocycles. The van der Waals surface area contributed by atoms with Gasteiger partial charge < -0.3 is 10.2 Å². The number of nitrogens with one attached hydrogen (secondary N) is 1. The molecule has 0 amide bonds. The van der Waals surface area contributed by atoms with Crippen LogP contribution in [0.2, 0.25) is 0 Å². The number of nitrogens with zero attached hydrogens (tertiary/aromatic N) is 3. The molecule has 0 atom stereocenters. The van der Waals surface area contributed by atoms with Crippen LogP contribution in [0.25, 0.3) is 0 Å². The van der Waals surface area contributed by atoms with E-state index in [1.807, 2.05) is 42.3 Å². The molecule has 0 aliphatic carbocycles. The average molecular weight is 358 g/mol. The van der Waals surface area contributed by atoms with Gasteiger partial charge in [-0.1, -0.05) is 18.2 Å². The van der Waals surface area contributed by atoms with Crippen molar-refractivity contribution < 1.29 is 13.2 Å². The minimum Gasteiger partial charge on any atom is -0.340 e. The van der Waals surface area contributed by atoms with Crippen LogP contribution < -0.4 is 10.2 Å². The summed E-state index contributed by atoms with van der Waals surface area (Å²) in [4.78, 5) is 10.6. The number of para-hydroxylation sites is 1. The molecule has 0 saturated heterocycles. The van der Waals surface area contributed by atoms with Gasteiger partial charge in [0.2, 0.25) is 0 Å². The Labute approximate surface area is 149 Å². The van der Waals surface area contributed by atoms with Gasteiger partial charge in [-0.25, -0.2) is 9.97 Å². The molecule has 134 valence electrons. The molecular weight excluding hydrogens is 341 g/mol. The highest BCUT2D eigenvalue weighted by Gasteiger charge is 2.29. The first-order valence-electron chi connectivity index (χ1n) is 7.92. The fourth-order valence-electron chi connectivity index (χ4n) is 2.46. The maximum atomic E-state index is 12.7. The fourth-order valence-corrected chi connectivity index (χ4v) is 2.46. The lowest BCUT2D eigenvalue weighted by Gasteiger charge is -2.19. The number of aromatic nitrogens is 2. The van der Waals surface area contributed by atoms with Crippen LogP contribution in [0.1, 0.15) is 11.4 Å². The third-order valence-electron chi connectivity index (χ3n) is 3.80. The predicted octanol–water partition coefficient (Wildman–Crippen LogP) is 5.32. The standard InChI is InChI=1S/C19H17F3N4/c1-13-23-17(25-15-10-8-14(9-11-15)19(20,21)22)12-18(24-13)26(2)16-6-4-3-5-7-16/h3-12H,1-2H3,(H,23,24,25). The van der Waals surface area contributed by atoms with Crippen LogP contribution in [0.3, 0.4) is 0 Å². The third-order valence-corrected chi connectivity index (χ3v) is 3.80. The zero-order valence-electron chi connectivity index (χ0n) is 14.2. The van der Waals surface area contributed by atoms with Crippen molar-refractivity contribution >= 4 is 23.0 Å². The fraction of sp³-hybridized carbons (Fsp3) is 0.158. The number of halogens is 3. The van der Waals surface area contributed by atoms with Crippen molar-refractivity contribution in [2.24, 2.45) is 0 Å². The quantitative estimate of drug-likeness (QED) is 0.686. The molecule has 0 radical (unpaired) electrons. The highest BCUT2D eigenvalue weighted by atomic mass is 19.4. The lowest BCUT2D eigenvalue weighted by Crippen LogP contribution is -2.12. The van der Waals surface area contributed by atoms with Crippen molar-refractivity contribution in [1.29, 1.82) is 0 Å². The number of hydrogen-bond donors (Lipinski definition) is 1. The van der Waals surface area contributed by atoms with Gasteiger partial charge in [0.15, 0.2) is 0 Å². The van der Waals surface area contributed by atoms with E-state index in [4.69, 9.17) is 0 Å². The molecular formula is C19H17F3N4. The van der Waals surface area contributed by atoms with Gasteiger partial charge in [-0.15, -0.1) is 0 Å². The number of benzene rings is 2. The van der Waals surface area contributed by atoms with Crippen LogP contribution in [0.5, 0.6) is 0 Å². The zero-order chi connectivity index (χ0) is 18.7. The first kappa shape index (κ1) is 17.7. The van der Waals surface area contributed by atoms with E-state index in [1.54, 1.807) is 13.0 Å². The topological polar surface area (TPSA) is 41.1 Å². The van der Waals surface area contributed by atoms with E-state index in [1.165, 1.54) is 12.1 Å². The predicted molar refractivity (Wildman–Crippen MR) is 96.0 cm³/mol. The zero-order valence-corrected chi connectivity index (χ0v) is 14.2. The minimum atomic E-state index is -4.35.